The van der Waals surface area contributed by atoms with Gasteiger partial charge >= 0.3 is 0 Å². The average Bonchev–Trinajstić information content (AvgIpc) is 2.95. The molecule has 1 N–H and O–H groups in total. The van der Waals surface area contributed by atoms with Gasteiger partial charge in [0.25, 0.3) is 0 Å². The molecule has 1 aliphatic rings. The molecule has 1 aliphatic heterocycles. The number of amides is 1. The molecule has 1 aromatic carbocycles. The first-order valence-corrected chi connectivity index (χ1v) is 9.45. The Hall–Kier alpha value is -1.37. The highest BCUT2D eigenvalue weighted by atomic mass is 35.5. The lowest BCUT2D eigenvalue weighted by atomic mass is 9.95. The standard InChI is InChI=1S/C17H20Cl2N4OS/c1-22-16(20-21-17(22)25)12-7-9-23(10-8-12)14(24)6-5-11-3-2-4-13(18)15(11)19/h2-4,12H,5-10H2,1H3,(H,21,25). The Morgan fingerprint density at radius 1 is 1.36 bits per heavy atom. The van der Waals surface area contributed by atoms with Crippen LogP contribution in [0.3, 0.4) is 0 Å². The molecule has 0 unspecified atom stereocenters. The van der Waals surface area contributed by atoms with Crippen LogP contribution in [0.4, 0.5) is 0 Å². The Kier molecular flexibility index (Phi) is 5.81. The lowest BCUT2D eigenvalue weighted by molar-refractivity contribution is -0.132. The van der Waals surface area contributed by atoms with Crippen molar-refractivity contribution in [2.75, 3.05) is 13.1 Å². The van der Waals surface area contributed by atoms with Gasteiger partial charge in [0.2, 0.25) is 5.91 Å². The number of aryl methyl sites for hydroxylation is 1. The van der Waals surface area contributed by atoms with Crippen LogP contribution >= 0.6 is 35.4 Å². The van der Waals surface area contributed by atoms with Gasteiger partial charge in [0, 0.05) is 32.5 Å². The van der Waals surface area contributed by atoms with E-state index in [1.165, 1.54) is 0 Å². The number of H-pyrrole nitrogens is 1. The van der Waals surface area contributed by atoms with Gasteiger partial charge in [-0.3, -0.25) is 9.89 Å². The Bertz CT molecular complexity index is 824. The highest BCUT2D eigenvalue weighted by Crippen LogP contribution is 2.28. The minimum Gasteiger partial charge on any atom is -0.343 e. The van der Waals surface area contributed by atoms with Gasteiger partial charge in [-0.25, -0.2) is 0 Å². The first kappa shape index (κ1) is 18.4. The molecule has 0 bridgehead atoms. The molecule has 3 rings (SSSR count). The molecule has 2 aromatic rings. The van der Waals surface area contributed by atoms with E-state index >= 15 is 0 Å². The van der Waals surface area contributed by atoms with E-state index in [1.807, 2.05) is 28.6 Å². The predicted molar refractivity (Wildman–Crippen MR) is 102 cm³/mol. The molecular weight excluding hydrogens is 379 g/mol. The van der Waals surface area contributed by atoms with Gasteiger partial charge in [-0.2, -0.15) is 5.10 Å². The zero-order valence-corrected chi connectivity index (χ0v) is 16.3. The maximum absolute atomic E-state index is 12.5. The van der Waals surface area contributed by atoms with Gasteiger partial charge in [-0.15, -0.1) is 0 Å². The van der Waals surface area contributed by atoms with Gasteiger partial charge in [0.1, 0.15) is 5.82 Å². The fraction of sp³-hybridized carbons (Fsp3) is 0.471. The number of benzene rings is 1. The lowest BCUT2D eigenvalue weighted by Gasteiger charge is -2.31. The molecule has 25 heavy (non-hydrogen) atoms. The smallest absolute Gasteiger partial charge is 0.222 e. The van der Waals surface area contributed by atoms with Crippen molar-refractivity contribution in [1.29, 1.82) is 0 Å². The number of nitrogens with one attached hydrogen (secondary N) is 1. The van der Waals surface area contributed by atoms with Crippen molar-refractivity contribution < 1.29 is 4.79 Å². The van der Waals surface area contributed by atoms with Crippen LogP contribution in [0, 0.1) is 4.77 Å². The number of hydrogen-bond donors (Lipinski definition) is 1. The van der Waals surface area contributed by atoms with Crippen molar-refractivity contribution in [2.45, 2.75) is 31.6 Å². The van der Waals surface area contributed by atoms with E-state index in [-0.39, 0.29) is 5.91 Å². The minimum atomic E-state index is 0.157. The molecule has 0 spiro atoms. The van der Waals surface area contributed by atoms with Crippen LogP contribution in [0.15, 0.2) is 18.2 Å². The van der Waals surface area contributed by atoms with Crippen molar-refractivity contribution in [3.8, 4) is 0 Å². The highest BCUT2D eigenvalue weighted by molar-refractivity contribution is 7.71. The zero-order valence-electron chi connectivity index (χ0n) is 14.0. The van der Waals surface area contributed by atoms with Crippen LogP contribution in [0.25, 0.3) is 0 Å². The van der Waals surface area contributed by atoms with Gasteiger partial charge in [-0.05, 0) is 43.1 Å². The average molecular weight is 399 g/mol. The minimum absolute atomic E-state index is 0.157. The summed E-state index contributed by atoms with van der Waals surface area (Å²) >= 11 is 17.4. The van der Waals surface area contributed by atoms with Crippen LogP contribution in [-0.2, 0) is 18.3 Å². The number of piperidine rings is 1. The molecule has 0 radical (unpaired) electrons. The second-order valence-electron chi connectivity index (χ2n) is 6.31. The number of nitrogens with zero attached hydrogens (tertiary/aromatic N) is 3. The summed E-state index contributed by atoms with van der Waals surface area (Å²) in [4.78, 5) is 14.4. The third-order valence-corrected chi connectivity index (χ3v) is 5.99. The Balaban J connectivity index is 1.54. The summed E-state index contributed by atoms with van der Waals surface area (Å²) in [5.74, 6) is 1.47. The number of hydrogen-bond acceptors (Lipinski definition) is 3. The second kappa shape index (κ2) is 7.89. The zero-order chi connectivity index (χ0) is 18.0. The molecule has 1 aromatic heterocycles. The molecule has 0 saturated carbocycles. The summed E-state index contributed by atoms with van der Waals surface area (Å²) in [7, 11) is 1.92. The normalized spacial score (nSPS) is 15.6. The molecular formula is C17H20Cl2N4OS. The number of aromatic amines is 1. The Morgan fingerprint density at radius 2 is 2.08 bits per heavy atom. The first-order valence-electron chi connectivity index (χ1n) is 8.29. The van der Waals surface area contributed by atoms with E-state index in [1.54, 1.807) is 6.07 Å². The number of carbonyl (C=O) groups is 1. The number of rotatable bonds is 4. The van der Waals surface area contributed by atoms with Crippen LogP contribution in [0.1, 0.15) is 36.6 Å². The van der Waals surface area contributed by atoms with Crippen molar-refractivity contribution in [3.05, 3.63) is 44.4 Å². The lowest BCUT2D eigenvalue weighted by Crippen LogP contribution is -2.38. The first-order chi connectivity index (χ1) is 12.0. The largest absolute Gasteiger partial charge is 0.343 e. The molecule has 1 saturated heterocycles. The van der Waals surface area contributed by atoms with Crippen molar-refractivity contribution in [3.63, 3.8) is 0 Å². The van der Waals surface area contributed by atoms with Gasteiger partial charge in [0.05, 0.1) is 10.0 Å². The van der Waals surface area contributed by atoms with Gasteiger partial charge in [-0.1, -0.05) is 35.3 Å². The van der Waals surface area contributed by atoms with Crippen LogP contribution < -0.4 is 0 Å². The number of likely N-dealkylation sites (tertiary alicyclic amines) is 1. The van der Waals surface area contributed by atoms with E-state index in [0.717, 1.165) is 37.3 Å². The van der Waals surface area contributed by atoms with Gasteiger partial charge < -0.3 is 9.47 Å². The highest BCUT2D eigenvalue weighted by Gasteiger charge is 2.26. The van der Waals surface area contributed by atoms with Gasteiger partial charge in [0.15, 0.2) is 4.77 Å². The SMILES string of the molecule is Cn1c(C2CCN(C(=O)CCc3cccc(Cl)c3Cl)CC2)n[nH]c1=S. The molecule has 0 atom stereocenters. The molecule has 0 aliphatic carbocycles. The third kappa shape index (κ3) is 4.07. The number of aromatic nitrogens is 3. The molecule has 5 nitrogen and oxygen atoms in total. The quantitative estimate of drug-likeness (QED) is 0.787. The fourth-order valence-corrected chi connectivity index (χ4v) is 3.81. The van der Waals surface area contributed by atoms with Crippen LogP contribution in [-0.4, -0.2) is 38.7 Å². The molecule has 8 heteroatoms. The van der Waals surface area contributed by atoms with E-state index in [2.05, 4.69) is 10.2 Å². The summed E-state index contributed by atoms with van der Waals surface area (Å²) in [6.07, 6.45) is 2.84. The fourth-order valence-electron chi connectivity index (χ4n) is 3.25. The van der Waals surface area contributed by atoms with Crippen molar-refractivity contribution in [1.82, 2.24) is 19.7 Å². The summed E-state index contributed by atoms with van der Waals surface area (Å²) in [5.41, 5.74) is 0.916. The summed E-state index contributed by atoms with van der Waals surface area (Å²) < 4.78 is 2.55. The number of halogens is 2. The maximum Gasteiger partial charge on any atom is 0.222 e. The van der Waals surface area contributed by atoms with E-state index in [0.29, 0.717) is 33.6 Å². The molecule has 1 fully saturated rings. The topological polar surface area (TPSA) is 53.9 Å². The third-order valence-electron chi connectivity index (χ3n) is 4.77. The Morgan fingerprint density at radius 3 is 2.72 bits per heavy atom. The maximum atomic E-state index is 12.5. The van der Waals surface area contributed by atoms with E-state index in [4.69, 9.17) is 35.4 Å². The van der Waals surface area contributed by atoms with Crippen LogP contribution in [0.2, 0.25) is 10.0 Å². The van der Waals surface area contributed by atoms with Crippen molar-refractivity contribution in [2.24, 2.45) is 7.05 Å². The van der Waals surface area contributed by atoms with E-state index in [9.17, 15) is 4.79 Å². The monoisotopic (exact) mass is 398 g/mol. The molecule has 1 amide bonds. The second-order valence-corrected chi connectivity index (χ2v) is 7.49. The van der Waals surface area contributed by atoms with E-state index < -0.39 is 0 Å². The molecule has 2 heterocycles. The molecule has 134 valence electrons. The number of carbonyl (C=O) groups excluding carboxylic acids is 1. The summed E-state index contributed by atoms with van der Waals surface area (Å²) in [6.45, 7) is 1.48. The Labute approximate surface area is 161 Å². The van der Waals surface area contributed by atoms with Crippen LogP contribution in [0.5, 0.6) is 0 Å². The summed E-state index contributed by atoms with van der Waals surface area (Å²) in [5, 5.41) is 8.22. The summed E-state index contributed by atoms with van der Waals surface area (Å²) in [6, 6.07) is 5.53. The predicted octanol–water partition coefficient (Wildman–Crippen LogP) is 4.12. The van der Waals surface area contributed by atoms with Crippen molar-refractivity contribution >= 4 is 41.3 Å².